The molecule has 0 rings (SSSR count). The Labute approximate surface area is 114 Å². The highest BCUT2D eigenvalue weighted by Crippen LogP contribution is 2.16. The molecule has 0 heterocycles. The lowest BCUT2D eigenvalue weighted by atomic mass is 10.1. The second-order valence-corrected chi connectivity index (χ2v) is 4.95. The van der Waals surface area contributed by atoms with E-state index in [0.29, 0.717) is 0 Å². The molecule has 8 heteroatoms. The Morgan fingerprint density at radius 3 is 2.20 bits per heavy atom. The second kappa shape index (κ2) is 7.28. The maximum Gasteiger partial charge on any atom is 0.471 e. The molecule has 20 heavy (non-hydrogen) atoms. The first-order valence-corrected chi connectivity index (χ1v) is 5.84. The molecule has 0 aromatic heterocycles. The monoisotopic (exact) mass is 297 g/mol. The molecule has 0 saturated carbocycles. The van der Waals surface area contributed by atoms with Crippen LogP contribution in [0.4, 0.5) is 13.2 Å². The molecule has 0 aromatic rings. The zero-order chi connectivity index (χ0) is 16.0. The molecule has 0 bridgehead atoms. The Morgan fingerprint density at radius 1 is 1.25 bits per heavy atom. The van der Waals surface area contributed by atoms with Crippen molar-refractivity contribution in [2.24, 2.45) is 0 Å². The average molecular weight is 297 g/mol. The van der Waals surface area contributed by atoms with Gasteiger partial charge in [-0.1, -0.05) is 12.2 Å². The van der Waals surface area contributed by atoms with E-state index in [1.165, 1.54) is 12.2 Å². The summed E-state index contributed by atoms with van der Waals surface area (Å²) < 4.78 is 41.5. The van der Waals surface area contributed by atoms with Crippen molar-refractivity contribution in [3.63, 3.8) is 0 Å². The van der Waals surface area contributed by atoms with Gasteiger partial charge in [0.15, 0.2) is 0 Å². The van der Waals surface area contributed by atoms with Gasteiger partial charge in [-0.15, -0.1) is 0 Å². The number of alkyl halides is 3. The SMILES string of the molecule is CC(C)(C)OC(=O)[C@H](C/C=C/CO)NC(=O)C(F)(F)F. The molecular weight excluding hydrogens is 279 g/mol. The van der Waals surface area contributed by atoms with Crippen LogP contribution in [0, 0.1) is 0 Å². The van der Waals surface area contributed by atoms with Gasteiger partial charge in [0.25, 0.3) is 0 Å². The van der Waals surface area contributed by atoms with E-state index in [1.807, 2.05) is 0 Å². The Hall–Kier alpha value is -1.57. The van der Waals surface area contributed by atoms with Gasteiger partial charge in [-0.05, 0) is 27.2 Å². The number of rotatable bonds is 5. The second-order valence-electron chi connectivity index (χ2n) is 4.95. The largest absolute Gasteiger partial charge is 0.471 e. The Balaban J connectivity index is 4.85. The number of nitrogens with one attached hydrogen (secondary N) is 1. The molecule has 0 aliphatic rings. The van der Waals surface area contributed by atoms with Crippen molar-refractivity contribution in [2.75, 3.05) is 6.61 Å². The molecule has 0 aliphatic heterocycles. The van der Waals surface area contributed by atoms with Gasteiger partial charge in [0.1, 0.15) is 11.6 Å². The standard InChI is InChI=1S/C12H18F3NO4/c1-11(2,3)20-9(18)8(6-4-5-7-17)16-10(19)12(13,14)15/h4-5,8,17H,6-7H2,1-3H3,(H,16,19)/b5-4+/t8-/m0/s1. The lowest BCUT2D eigenvalue weighted by Crippen LogP contribution is -2.48. The van der Waals surface area contributed by atoms with E-state index >= 15 is 0 Å². The molecule has 1 amide bonds. The zero-order valence-electron chi connectivity index (χ0n) is 11.5. The molecule has 0 radical (unpaired) electrons. The summed E-state index contributed by atoms with van der Waals surface area (Å²) in [5, 5.41) is 10.1. The Kier molecular flexibility index (Phi) is 6.70. The number of esters is 1. The molecular formula is C12H18F3NO4. The van der Waals surface area contributed by atoms with Crippen LogP contribution in [0.3, 0.4) is 0 Å². The minimum Gasteiger partial charge on any atom is -0.458 e. The number of carbonyl (C=O) groups is 2. The maximum absolute atomic E-state index is 12.2. The highest BCUT2D eigenvalue weighted by atomic mass is 19.4. The number of hydrogen-bond acceptors (Lipinski definition) is 4. The van der Waals surface area contributed by atoms with Crippen LogP contribution in [-0.4, -0.2) is 41.4 Å². The van der Waals surface area contributed by atoms with E-state index in [2.05, 4.69) is 0 Å². The molecule has 0 saturated heterocycles. The highest BCUT2D eigenvalue weighted by molar-refractivity contribution is 5.87. The van der Waals surface area contributed by atoms with E-state index < -0.39 is 29.7 Å². The number of amides is 1. The van der Waals surface area contributed by atoms with Crippen molar-refractivity contribution in [1.29, 1.82) is 0 Å². The van der Waals surface area contributed by atoms with Crippen molar-refractivity contribution < 1.29 is 32.6 Å². The summed E-state index contributed by atoms with van der Waals surface area (Å²) in [5.41, 5.74) is -0.890. The zero-order valence-corrected chi connectivity index (χ0v) is 11.5. The van der Waals surface area contributed by atoms with Gasteiger partial charge < -0.3 is 15.2 Å². The number of carbonyl (C=O) groups excluding carboxylic acids is 2. The summed E-state index contributed by atoms with van der Waals surface area (Å²) >= 11 is 0. The number of hydrogen-bond donors (Lipinski definition) is 2. The maximum atomic E-state index is 12.2. The van der Waals surface area contributed by atoms with Gasteiger partial charge >= 0.3 is 18.1 Å². The van der Waals surface area contributed by atoms with Crippen LogP contribution in [0.1, 0.15) is 27.2 Å². The summed E-state index contributed by atoms with van der Waals surface area (Å²) in [6.45, 7) is 4.33. The molecule has 0 spiro atoms. The molecule has 0 fully saturated rings. The minimum atomic E-state index is -5.08. The van der Waals surface area contributed by atoms with E-state index in [9.17, 15) is 22.8 Å². The fourth-order valence-corrected chi connectivity index (χ4v) is 1.13. The first kappa shape index (κ1) is 18.4. The van der Waals surface area contributed by atoms with Crippen molar-refractivity contribution in [2.45, 2.75) is 45.0 Å². The third-order valence-electron chi connectivity index (χ3n) is 1.90. The molecule has 2 N–H and O–H groups in total. The van der Waals surface area contributed by atoms with E-state index in [4.69, 9.17) is 9.84 Å². The molecule has 0 unspecified atom stereocenters. The summed E-state index contributed by atoms with van der Waals surface area (Å²) in [7, 11) is 0. The van der Waals surface area contributed by atoms with Crippen LogP contribution in [0.25, 0.3) is 0 Å². The minimum absolute atomic E-state index is 0.211. The normalized spacial score (nSPS) is 14.2. The van der Waals surface area contributed by atoms with Crippen LogP contribution in [0.15, 0.2) is 12.2 Å². The Morgan fingerprint density at radius 2 is 1.80 bits per heavy atom. The topological polar surface area (TPSA) is 75.6 Å². The van der Waals surface area contributed by atoms with Gasteiger partial charge in [-0.3, -0.25) is 4.79 Å². The van der Waals surface area contributed by atoms with Crippen LogP contribution in [-0.2, 0) is 14.3 Å². The molecule has 116 valence electrons. The van der Waals surface area contributed by atoms with Crippen LogP contribution >= 0.6 is 0 Å². The lowest BCUT2D eigenvalue weighted by Gasteiger charge is -2.24. The quantitative estimate of drug-likeness (QED) is 0.592. The summed E-state index contributed by atoms with van der Waals surface area (Å²) in [6.07, 6.45) is -2.76. The fraction of sp³-hybridized carbons (Fsp3) is 0.667. The molecule has 1 atom stereocenters. The van der Waals surface area contributed by atoms with Gasteiger partial charge in [0, 0.05) is 0 Å². The van der Waals surface area contributed by atoms with E-state index in [0.717, 1.165) is 0 Å². The van der Waals surface area contributed by atoms with Crippen LogP contribution in [0.5, 0.6) is 0 Å². The summed E-state index contributed by atoms with van der Waals surface area (Å²) in [6, 6.07) is -1.47. The molecule has 5 nitrogen and oxygen atoms in total. The van der Waals surface area contributed by atoms with E-state index in [1.54, 1.807) is 26.1 Å². The predicted molar refractivity (Wildman–Crippen MR) is 64.7 cm³/mol. The fourth-order valence-electron chi connectivity index (χ4n) is 1.13. The Bertz CT molecular complexity index is 372. The van der Waals surface area contributed by atoms with E-state index in [-0.39, 0.29) is 13.0 Å². The third kappa shape index (κ3) is 7.78. The predicted octanol–water partition coefficient (Wildman–Crippen LogP) is 1.31. The van der Waals surface area contributed by atoms with Crippen molar-refractivity contribution in [1.82, 2.24) is 5.32 Å². The first-order chi connectivity index (χ1) is 8.97. The summed E-state index contributed by atoms with van der Waals surface area (Å²) in [4.78, 5) is 22.6. The number of halogens is 3. The van der Waals surface area contributed by atoms with Crippen molar-refractivity contribution in [3.8, 4) is 0 Å². The van der Waals surface area contributed by atoms with Crippen molar-refractivity contribution in [3.05, 3.63) is 12.2 Å². The van der Waals surface area contributed by atoms with Crippen LogP contribution < -0.4 is 5.32 Å². The number of aliphatic hydroxyl groups excluding tert-OH is 1. The molecule has 0 aromatic carbocycles. The summed E-state index contributed by atoms with van der Waals surface area (Å²) in [5.74, 6) is -3.19. The third-order valence-corrected chi connectivity index (χ3v) is 1.90. The van der Waals surface area contributed by atoms with Crippen molar-refractivity contribution >= 4 is 11.9 Å². The first-order valence-electron chi connectivity index (χ1n) is 5.84. The number of aliphatic hydroxyl groups is 1. The smallest absolute Gasteiger partial charge is 0.458 e. The van der Waals surface area contributed by atoms with Gasteiger partial charge in [0.2, 0.25) is 0 Å². The van der Waals surface area contributed by atoms with Gasteiger partial charge in [0.05, 0.1) is 6.61 Å². The average Bonchev–Trinajstić information content (AvgIpc) is 2.23. The van der Waals surface area contributed by atoms with Crippen LogP contribution in [0.2, 0.25) is 0 Å². The van der Waals surface area contributed by atoms with Gasteiger partial charge in [-0.2, -0.15) is 13.2 Å². The van der Waals surface area contributed by atoms with Gasteiger partial charge in [-0.25, -0.2) is 4.79 Å². The number of ether oxygens (including phenoxy) is 1. The molecule has 0 aliphatic carbocycles. The highest BCUT2D eigenvalue weighted by Gasteiger charge is 2.41. The lowest BCUT2D eigenvalue weighted by molar-refractivity contribution is -0.177.